The highest BCUT2D eigenvalue weighted by molar-refractivity contribution is 6.36. The van der Waals surface area contributed by atoms with Crippen LogP contribution in [-0.4, -0.2) is 11.4 Å². The van der Waals surface area contributed by atoms with Crippen molar-refractivity contribution in [3.63, 3.8) is 0 Å². The molecule has 4 fully saturated rings. The second-order valence-corrected chi connectivity index (χ2v) is 7.74. The number of hydrogen-bond acceptors (Lipinski definition) is 2. The topological polar surface area (TPSA) is 55.1 Å². The number of nitrogen functional groups attached to an aromatic ring is 1. The van der Waals surface area contributed by atoms with E-state index in [1.807, 2.05) is 0 Å². The number of carbonyl (C=O) groups is 1. The molecule has 0 radical (unpaired) electrons. The van der Waals surface area contributed by atoms with Gasteiger partial charge in [0.2, 0.25) is 0 Å². The van der Waals surface area contributed by atoms with Crippen LogP contribution in [0.15, 0.2) is 18.2 Å². The van der Waals surface area contributed by atoms with E-state index in [4.69, 9.17) is 17.3 Å². The molecule has 4 saturated carbocycles. The minimum atomic E-state index is -0.0609. The summed E-state index contributed by atoms with van der Waals surface area (Å²) in [5.74, 6) is 2.38. The van der Waals surface area contributed by atoms with Crippen LogP contribution in [0, 0.1) is 17.8 Å². The Hall–Kier alpha value is -1.22. The predicted molar refractivity (Wildman–Crippen MR) is 84.2 cm³/mol. The lowest BCUT2D eigenvalue weighted by atomic mass is 9.53. The lowest BCUT2D eigenvalue weighted by molar-refractivity contribution is -0.0166. The fraction of sp³-hybridized carbons (Fsp3) is 0.588. The summed E-state index contributed by atoms with van der Waals surface area (Å²) in [4.78, 5) is 12.7. The fourth-order valence-electron chi connectivity index (χ4n) is 5.30. The molecule has 0 atom stereocenters. The number of nitrogens with one attached hydrogen (secondary N) is 1. The van der Waals surface area contributed by atoms with Gasteiger partial charge in [0.25, 0.3) is 5.91 Å². The Morgan fingerprint density at radius 2 is 1.71 bits per heavy atom. The first kappa shape index (κ1) is 13.4. The molecule has 0 heterocycles. The van der Waals surface area contributed by atoms with Gasteiger partial charge in [-0.3, -0.25) is 4.79 Å². The Balaban J connectivity index is 1.58. The van der Waals surface area contributed by atoms with Crippen molar-refractivity contribution in [2.24, 2.45) is 17.8 Å². The van der Waals surface area contributed by atoms with Gasteiger partial charge in [-0.15, -0.1) is 0 Å². The number of rotatable bonds is 2. The normalized spacial score (nSPS) is 36.7. The number of anilines is 1. The quantitative estimate of drug-likeness (QED) is 0.820. The highest BCUT2D eigenvalue weighted by Crippen LogP contribution is 2.55. The predicted octanol–water partition coefficient (Wildman–Crippen LogP) is 3.62. The standard InChI is InChI=1S/C17H21ClN2O/c18-15-13(2-1-3-14(15)19)16(21)20-17-7-10-4-11(8-17)6-12(5-10)9-17/h1-3,10-12H,4-9,19H2,(H,20,21). The maximum Gasteiger partial charge on any atom is 0.253 e. The molecule has 0 aliphatic heterocycles. The third kappa shape index (κ3) is 2.22. The Morgan fingerprint density at radius 3 is 2.29 bits per heavy atom. The molecule has 4 aliphatic carbocycles. The molecule has 4 aliphatic rings. The van der Waals surface area contributed by atoms with Gasteiger partial charge in [0.1, 0.15) is 0 Å². The zero-order chi connectivity index (χ0) is 14.6. The van der Waals surface area contributed by atoms with Gasteiger partial charge in [0, 0.05) is 5.54 Å². The van der Waals surface area contributed by atoms with Gasteiger partial charge < -0.3 is 11.1 Å². The van der Waals surface area contributed by atoms with Gasteiger partial charge in [-0.2, -0.15) is 0 Å². The summed E-state index contributed by atoms with van der Waals surface area (Å²) in [6.07, 6.45) is 7.54. The molecule has 0 saturated heterocycles. The maximum atomic E-state index is 12.7. The van der Waals surface area contributed by atoms with Gasteiger partial charge >= 0.3 is 0 Å². The molecule has 3 nitrogen and oxygen atoms in total. The second kappa shape index (κ2) is 4.64. The number of carbonyl (C=O) groups excluding carboxylic acids is 1. The molecule has 0 aromatic heterocycles. The first-order chi connectivity index (χ1) is 10.0. The monoisotopic (exact) mass is 304 g/mol. The van der Waals surface area contributed by atoms with Crippen molar-refractivity contribution in [1.29, 1.82) is 0 Å². The Morgan fingerprint density at radius 1 is 1.14 bits per heavy atom. The Labute approximate surface area is 130 Å². The van der Waals surface area contributed by atoms with Crippen LogP contribution >= 0.6 is 11.6 Å². The molecule has 1 aromatic rings. The van der Waals surface area contributed by atoms with E-state index in [1.54, 1.807) is 18.2 Å². The summed E-state index contributed by atoms with van der Waals surface area (Å²) in [5.41, 5.74) is 6.80. The number of amides is 1. The molecule has 0 spiro atoms. The van der Waals surface area contributed by atoms with Crippen molar-refractivity contribution in [1.82, 2.24) is 5.32 Å². The summed E-state index contributed by atoms with van der Waals surface area (Å²) >= 11 is 6.19. The smallest absolute Gasteiger partial charge is 0.253 e. The Kier molecular flexibility index (Phi) is 2.97. The minimum Gasteiger partial charge on any atom is -0.398 e. The van der Waals surface area contributed by atoms with Gasteiger partial charge in [0.15, 0.2) is 0 Å². The van der Waals surface area contributed by atoms with E-state index in [1.165, 1.54) is 19.3 Å². The maximum absolute atomic E-state index is 12.7. The molecular formula is C17H21ClN2O. The van der Waals surface area contributed by atoms with Crippen LogP contribution in [-0.2, 0) is 0 Å². The molecule has 112 valence electrons. The number of nitrogens with two attached hydrogens (primary N) is 1. The van der Waals surface area contributed by atoms with Crippen LogP contribution < -0.4 is 11.1 Å². The summed E-state index contributed by atoms with van der Waals surface area (Å²) in [5, 5.41) is 3.70. The van der Waals surface area contributed by atoms with Crippen molar-refractivity contribution >= 4 is 23.2 Å². The number of hydrogen-bond donors (Lipinski definition) is 2. The van der Waals surface area contributed by atoms with Crippen LogP contribution in [0.5, 0.6) is 0 Å². The lowest BCUT2D eigenvalue weighted by Crippen LogP contribution is -2.59. The van der Waals surface area contributed by atoms with E-state index < -0.39 is 0 Å². The average molecular weight is 305 g/mol. The van der Waals surface area contributed by atoms with Crippen LogP contribution in [0.2, 0.25) is 5.02 Å². The summed E-state index contributed by atoms with van der Waals surface area (Å²) in [6, 6.07) is 5.27. The SMILES string of the molecule is Nc1cccc(C(=O)NC23CC4CC(CC(C4)C2)C3)c1Cl. The molecular weight excluding hydrogens is 284 g/mol. The summed E-state index contributed by atoms with van der Waals surface area (Å²) in [7, 11) is 0. The van der Waals surface area contributed by atoms with E-state index in [-0.39, 0.29) is 11.4 Å². The van der Waals surface area contributed by atoms with Gasteiger partial charge in [0.05, 0.1) is 16.3 Å². The van der Waals surface area contributed by atoms with Crippen molar-refractivity contribution in [3.05, 3.63) is 28.8 Å². The molecule has 21 heavy (non-hydrogen) atoms. The molecule has 1 aromatic carbocycles. The van der Waals surface area contributed by atoms with Gasteiger partial charge in [-0.25, -0.2) is 0 Å². The lowest BCUT2D eigenvalue weighted by Gasteiger charge is -2.56. The summed E-state index contributed by atoms with van der Waals surface area (Å²) < 4.78 is 0. The first-order valence-corrected chi connectivity index (χ1v) is 8.29. The Bertz CT molecular complexity index is 563. The van der Waals surface area contributed by atoms with Gasteiger partial charge in [-0.1, -0.05) is 17.7 Å². The number of benzene rings is 1. The molecule has 1 amide bonds. The van der Waals surface area contributed by atoms with E-state index >= 15 is 0 Å². The van der Waals surface area contributed by atoms with Crippen LogP contribution in [0.4, 0.5) is 5.69 Å². The number of halogens is 1. The molecule has 4 heteroatoms. The third-order valence-electron chi connectivity index (χ3n) is 5.69. The van der Waals surface area contributed by atoms with Crippen molar-refractivity contribution in [2.45, 2.75) is 44.1 Å². The highest BCUT2D eigenvalue weighted by atomic mass is 35.5. The van der Waals surface area contributed by atoms with E-state index in [0.29, 0.717) is 16.3 Å². The average Bonchev–Trinajstić information content (AvgIpc) is 2.39. The van der Waals surface area contributed by atoms with E-state index in [9.17, 15) is 4.79 Å². The minimum absolute atomic E-state index is 0.0137. The zero-order valence-electron chi connectivity index (χ0n) is 12.1. The van der Waals surface area contributed by atoms with Gasteiger partial charge in [-0.05, 0) is 68.4 Å². The van der Waals surface area contributed by atoms with Crippen LogP contribution in [0.1, 0.15) is 48.9 Å². The third-order valence-corrected chi connectivity index (χ3v) is 6.11. The van der Waals surface area contributed by atoms with Crippen molar-refractivity contribution in [3.8, 4) is 0 Å². The van der Waals surface area contributed by atoms with E-state index in [2.05, 4.69) is 5.32 Å². The molecule has 5 rings (SSSR count). The molecule has 3 N–H and O–H groups in total. The largest absolute Gasteiger partial charge is 0.398 e. The highest BCUT2D eigenvalue weighted by Gasteiger charge is 2.51. The summed E-state index contributed by atoms with van der Waals surface area (Å²) in [6.45, 7) is 0. The fourth-order valence-corrected chi connectivity index (χ4v) is 5.51. The molecule has 0 unspecified atom stereocenters. The first-order valence-electron chi connectivity index (χ1n) is 7.91. The second-order valence-electron chi connectivity index (χ2n) is 7.36. The van der Waals surface area contributed by atoms with E-state index in [0.717, 1.165) is 37.0 Å². The van der Waals surface area contributed by atoms with Crippen LogP contribution in [0.25, 0.3) is 0 Å². The van der Waals surface area contributed by atoms with Crippen molar-refractivity contribution in [2.75, 3.05) is 5.73 Å². The molecule has 4 bridgehead atoms. The van der Waals surface area contributed by atoms with Crippen LogP contribution in [0.3, 0.4) is 0 Å². The zero-order valence-corrected chi connectivity index (χ0v) is 12.8. The van der Waals surface area contributed by atoms with Crippen molar-refractivity contribution < 1.29 is 4.79 Å².